The number of rotatable bonds is 1. The molecule has 78 valence electrons. The highest BCUT2D eigenvalue weighted by atomic mass is 32.2. The molecule has 0 aliphatic carbocycles. The van der Waals surface area contributed by atoms with E-state index in [-0.39, 0.29) is 0 Å². The van der Waals surface area contributed by atoms with E-state index in [9.17, 15) is 8.42 Å². The molecule has 1 aromatic carbocycles. The lowest BCUT2D eigenvalue weighted by Crippen LogP contribution is -1.75. The molecule has 0 aliphatic rings. The van der Waals surface area contributed by atoms with Gasteiger partial charge in [0.05, 0.1) is 4.90 Å². The van der Waals surface area contributed by atoms with E-state index in [1.165, 1.54) is 6.33 Å². The van der Waals surface area contributed by atoms with Gasteiger partial charge in [-0.25, -0.2) is 18.4 Å². The van der Waals surface area contributed by atoms with Crippen LogP contribution in [0.15, 0.2) is 60.0 Å². The van der Waals surface area contributed by atoms with Gasteiger partial charge in [0.1, 0.15) is 6.33 Å². The van der Waals surface area contributed by atoms with Gasteiger partial charge in [-0.1, -0.05) is 18.2 Å². The van der Waals surface area contributed by atoms with Crippen molar-refractivity contribution in [2.75, 3.05) is 0 Å². The topological polar surface area (TPSA) is 59.9 Å². The van der Waals surface area contributed by atoms with Gasteiger partial charge in [-0.3, -0.25) is 0 Å². The Labute approximate surface area is 89.6 Å². The van der Waals surface area contributed by atoms with Crippen molar-refractivity contribution in [3.05, 3.63) is 55.1 Å². The van der Waals surface area contributed by atoms with Gasteiger partial charge in [-0.05, 0) is 18.2 Å². The van der Waals surface area contributed by atoms with Crippen molar-refractivity contribution in [1.82, 2.24) is 9.97 Å². The molecule has 2 aromatic rings. The predicted molar refractivity (Wildman–Crippen MR) is 57.1 cm³/mol. The number of benzene rings is 1. The summed E-state index contributed by atoms with van der Waals surface area (Å²) in [6.07, 6.45) is 4.88. The third kappa shape index (κ3) is 4.87. The molecule has 0 saturated carbocycles. The van der Waals surface area contributed by atoms with Crippen molar-refractivity contribution in [2.24, 2.45) is 0 Å². The summed E-state index contributed by atoms with van der Waals surface area (Å²) in [6.45, 7) is 0. The average Bonchev–Trinajstić information content (AvgIpc) is 2.33. The zero-order valence-corrected chi connectivity index (χ0v) is 8.75. The van der Waals surface area contributed by atoms with Crippen molar-refractivity contribution in [3.8, 4) is 0 Å². The van der Waals surface area contributed by atoms with E-state index in [0.717, 1.165) is 0 Å². The largest absolute Gasteiger partial charge is 0.245 e. The van der Waals surface area contributed by atoms with E-state index in [1.807, 2.05) is 0 Å². The SMILES string of the molecule is O=[SH](=O)c1ccccc1.c1cncnc1. The standard InChI is InChI=1S/C6H6O2S.C4H4N2/c7-9(8)6-4-2-1-3-5-6;1-2-5-4-6-3-1/h1-5,9H;1-4H. The molecule has 0 amide bonds. The predicted octanol–water partition coefficient (Wildman–Crippen LogP) is 1.13. The van der Waals surface area contributed by atoms with Crippen molar-refractivity contribution >= 4 is 10.7 Å². The first-order chi connectivity index (χ1) is 7.30. The van der Waals surface area contributed by atoms with Crippen LogP contribution in [-0.2, 0) is 10.7 Å². The highest BCUT2D eigenvalue weighted by molar-refractivity contribution is 7.72. The first-order valence-electron chi connectivity index (χ1n) is 4.20. The highest BCUT2D eigenvalue weighted by Crippen LogP contribution is 1.97. The van der Waals surface area contributed by atoms with Gasteiger partial charge in [0.2, 0.25) is 0 Å². The van der Waals surface area contributed by atoms with Crippen LogP contribution in [0.2, 0.25) is 0 Å². The fraction of sp³-hybridized carbons (Fsp3) is 0. The van der Waals surface area contributed by atoms with Gasteiger partial charge in [0.15, 0.2) is 10.7 Å². The highest BCUT2D eigenvalue weighted by Gasteiger charge is 1.87. The van der Waals surface area contributed by atoms with Gasteiger partial charge >= 0.3 is 0 Å². The molecule has 0 N–H and O–H groups in total. The summed E-state index contributed by atoms with van der Waals surface area (Å²) in [5.41, 5.74) is 0. The minimum atomic E-state index is -2.40. The van der Waals surface area contributed by atoms with Crippen LogP contribution in [0.4, 0.5) is 0 Å². The second-order valence-electron chi connectivity index (χ2n) is 2.50. The third-order valence-corrected chi connectivity index (χ3v) is 2.16. The van der Waals surface area contributed by atoms with E-state index >= 15 is 0 Å². The van der Waals surface area contributed by atoms with Crippen LogP contribution in [0.1, 0.15) is 0 Å². The molecule has 0 unspecified atom stereocenters. The molecule has 0 radical (unpaired) electrons. The lowest BCUT2D eigenvalue weighted by Gasteiger charge is -1.83. The molecule has 15 heavy (non-hydrogen) atoms. The molecule has 1 aromatic heterocycles. The van der Waals surface area contributed by atoms with Gasteiger partial charge in [-0.15, -0.1) is 0 Å². The molecule has 0 bridgehead atoms. The Morgan fingerprint density at radius 3 is 1.73 bits per heavy atom. The number of nitrogens with zero attached hydrogens (tertiary/aromatic N) is 2. The minimum absolute atomic E-state index is 0.368. The van der Waals surface area contributed by atoms with E-state index in [0.29, 0.717) is 4.90 Å². The number of aromatic nitrogens is 2. The fourth-order valence-corrected chi connectivity index (χ4v) is 1.22. The number of thiol groups is 1. The summed E-state index contributed by atoms with van der Waals surface area (Å²) in [5.74, 6) is 0. The Morgan fingerprint density at radius 2 is 1.47 bits per heavy atom. The zero-order chi connectivity index (χ0) is 10.9. The summed E-state index contributed by atoms with van der Waals surface area (Å²) in [5, 5.41) is 0. The molecular formula is C10H10N2O2S. The molecule has 0 aliphatic heterocycles. The minimum Gasteiger partial charge on any atom is -0.245 e. The second kappa shape index (κ2) is 6.67. The van der Waals surface area contributed by atoms with Crippen LogP contribution in [0.5, 0.6) is 0 Å². The molecular weight excluding hydrogens is 212 g/mol. The normalized spacial score (nSPS) is 9.13. The van der Waals surface area contributed by atoms with Crippen molar-refractivity contribution in [1.29, 1.82) is 0 Å². The number of hydrogen-bond donors (Lipinski definition) is 1. The molecule has 0 fully saturated rings. The fourth-order valence-electron chi connectivity index (χ4n) is 0.803. The van der Waals surface area contributed by atoms with Crippen molar-refractivity contribution in [3.63, 3.8) is 0 Å². The Bertz CT molecular complexity index is 409. The quantitative estimate of drug-likeness (QED) is 0.735. The van der Waals surface area contributed by atoms with Gasteiger partial charge in [0.25, 0.3) is 0 Å². The van der Waals surface area contributed by atoms with Crippen LogP contribution in [0.25, 0.3) is 0 Å². The summed E-state index contributed by atoms with van der Waals surface area (Å²) in [6, 6.07) is 10.1. The summed E-state index contributed by atoms with van der Waals surface area (Å²) in [7, 11) is -2.40. The van der Waals surface area contributed by atoms with Crippen LogP contribution >= 0.6 is 0 Å². The molecule has 2 rings (SSSR count). The lowest BCUT2D eigenvalue weighted by molar-refractivity contribution is 0.614. The molecule has 0 saturated heterocycles. The Hall–Kier alpha value is -1.75. The average molecular weight is 222 g/mol. The maximum Gasteiger partial charge on any atom is 0.168 e. The molecule has 1 heterocycles. The van der Waals surface area contributed by atoms with Crippen LogP contribution in [-0.4, -0.2) is 18.4 Å². The first kappa shape index (κ1) is 11.3. The maximum atomic E-state index is 10.2. The maximum absolute atomic E-state index is 10.2. The molecule has 0 atom stereocenters. The second-order valence-corrected chi connectivity index (χ2v) is 3.53. The number of hydrogen-bond acceptors (Lipinski definition) is 4. The van der Waals surface area contributed by atoms with Crippen LogP contribution in [0, 0.1) is 0 Å². The van der Waals surface area contributed by atoms with Gasteiger partial charge in [-0.2, -0.15) is 0 Å². The lowest BCUT2D eigenvalue weighted by atomic mass is 10.4. The first-order valence-corrected chi connectivity index (χ1v) is 5.38. The monoisotopic (exact) mass is 222 g/mol. The van der Waals surface area contributed by atoms with Crippen LogP contribution < -0.4 is 0 Å². The Morgan fingerprint density at radius 1 is 0.867 bits per heavy atom. The van der Waals surface area contributed by atoms with Crippen molar-refractivity contribution < 1.29 is 8.42 Å². The van der Waals surface area contributed by atoms with Crippen molar-refractivity contribution in [2.45, 2.75) is 4.90 Å². The molecule has 0 spiro atoms. The third-order valence-electron chi connectivity index (χ3n) is 1.44. The zero-order valence-electron chi connectivity index (χ0n) is 7.85. The smallest absolute Gasteiger partial charge is 0.168 e. The summed E-state index contributed by atoms with van der Waals surface area (Å²) >= 11 is 0. The van der Waals surface area contributed by atoms with E-state index in [1.54, 1.807) is 48.8 Å². The van der Waals surface area contributed by atoms with E-state index < -0.39 is 10.7 Å². The Balaban J connectivity index is 0.000000162. The summed E-state index contributed by atoms with van der Waals surface area (Å²) in [4.78, 5) is 7.72. The summed E-state index contributed by atoms with van der Waals surface area (Å²) < 4.78 is 20.5. The van der Waals surface area contributed by atoms with Crippen LogP contribution in [0.3, 0.4) is 0 Å². The van der Waals surface area contributed by atoms with E-state index in [4.69, 9.17) is 0 Å². The van der Waals surface area contributed by atoms with E-state index in [2.05, 4.69) is 9.97 Å². The van der Waals surface area contributed by atoms with Gasteiger partial charge < -0.3 is 0 Å². The molecule has 4 nitrogen and oxygen atoms in total. The Kier molecular flexibility index (Phi) is 5.03. The molecule has 5 heteroatoms. The van der Waals surface area contributed by atoms with Gasteiger partial charge in [0, 0.05) is 12.4 Å².